The first kappa shape index (κ1) is 22.3. The van der Waals surface area contributed by atoms with Crippen molar-refractivity contribution in [3.8, 4) is 10.4 Å². The zero-order valence-electron chi connectivity index (χ0n) is 17.7. The number of amidine groups is 1. The van der Waals surface area contributed by atoms with Crippen LogP contribution < -0.4 is 17.0 Å². The summed E-state index contributed by atoms with van der Waals surface area (Å²) in [5.41, 5.74) is 10.0. The van der Waals surface area contributed by atoms with Crippen LogP contribution in [-0.4, -0.2) is 41.0 Å². The predicted molar refractivity (Wildman–Crippen MR) is 124 cm³/mol. The molecule has 1 aliphatic heterocycles. The average Bonchev–Trinajstić information content (AvgIpc) is 3.44. The van der Waals surface area contributed by atoms with E-state index in [2.05, 4.69) is 32.4 Å². The molecule has 0 saturated carbocycles. The molecule has 168 valence electrons. The van der Waals surface area contributed by atoms with Gasteiger partial charge in [0.2, 0.25) is 0 Å². The molecule has 1 aliphatic rings. The van der Waals surface area contributed by atoms with Crippen LogP contribution in [0.3, 0.4) is 0 Å². The summed E-state index contributed by atoms with van der Waals surface area (Å²) in [5, 5.41) is 1.15. The highest BCUT2D eigenvalue weighted by molar-refractivity contribution is 7.15. The maximum absolute atomic E-state index is 14.2. The van der Waals surface area contributed by atoms with Gasteiger partial charge in [-0.3, -0.25) is 16.2 Å². The summed E-state index contributed by atoms with van der Waals surface area (Å²) >= 11 is 1.69. The van der Waals surface area contributed by atoms with Crippen LogP contribution in [0, 0.1) is 11.6 Å². The molecule has 0 unspecified atom stereocenters. The van der Waals surface area contributed by atoms with Gasteiger partial charge in [-0.25, -0.2) is 18.8 Å². The predicted octanol–water partition coefficient (Wildman–Crippen LogP) is 3.65. The number of nitrogens with one attached hydrogen (secondary N) is 1. The normalized spacial score (nSPS) is 15.0. The van der Waals surface area contributed by atoms with E-state index in [0.29, 0.717) is 5.56 Å². The number of nitrogens with two attached hydrogens (primary N) is 2. The molecule has 32 heavy (non-hydrogen) atoms. The van der Waals surface area contributed by atoms with E-state index in [1.54, 1.807) is 24.6 Å². The molecular weight excluding hydrogens is 432 g/mol. The van der Waals surface area contributed by atoms with Gasteiger partial charge in [0.1, 0.15) is 11.5 Å². The number of hydrogen-bond acceptors (Lipinski definition) is 7. The first-order valence-corrected chi connectivity index (χ1v) is 11.1. The molecule has 5 N–H and O–H groups in total. The summed E-state index contributed by atoms with van der Waals surface area (Å²) in [4.78, 5) is 13.3. The number of pyridine rings is 1. The van der Waals surface area contributed by atoms with Gasteiger partial charge in [0.05, 0.1) is 5.56 Å². The number of nitrogens with zero attached hydrogens (tertiary/aromatic N) is 4. The van der Waals surface area contributed by atoms with Gasteiger partial charge in [0.15, 0.2) is 17.5 Å². The van der Waals surface area contributed by atoms with Crippen LogP contribution >= 0.6 is 11.3 Å². The number of halogens is 2. The zero-order chi connectivity index (χ0) is 22.7. The monoisotopic (exact) mass is 457 g/mol. The van der Waals surface area contributed by atoms with Crippen molar-refractivity contribution in [1.29, 1.82) is 0 Å². The van der Waals surface area contributed by atoms with Gasteiger partial charge in [-0.1, -0.05) is 6.07 Å². The molecule has 0 radical (unpaired) electrons. The molecule has 0 amide bonds. The third-order valence-corrected chi connectivity index (χ3v) is 6.26. The summed E-state index contributed by atoms with van der Waals surface area (Å²) in [7, 11) is 1.55. The molecule has 0 aliphatic carbocycles. The lowest BCUT2D eigenvalue weighted by molar-refractivity contribution is 0.305. The first-order valence-electron chi connectivity index (χ1n) is 10.3. The number of rotatable bonds is 6. The molecule has 1 fully saturated rings. The number of benzene rings is 1. The van der Waals surface area contributed by atoms with Gasteiger partial charge in [-0.2, -0.15) is 5.12 Å². The van der Waals surface area contributed by atoms with Crippen LogP contribution in [0.5, 0.6) is 0 Å². The number of hydrazine groups is 2. The van der Waals surface area contributed by atoms with E-state index in [1.807, 2.05) is 6.07 Å². The second-order valence-electron chi connectivity index (χ2n) is 7.66. The SMILES string of the molecule is CN(N)NC(=Nc1cccc(F)c1F)c1cc(-c2ccc(CN3CCCC3)s2)cnc1N. The van der Waals surface area contributed by atoms with Crippen molar-refractivity contribution in [2.75, 3.05) is 25.9 Å². The summed E-state index contributed by atoms with van der Waals surface area (Å²) in [5.74, 6) is 4.04. The third kappa shape index (κ3) is 5.10. The van der Waals surface area contributed by atoms with Gasteiger partial charge in [-0.05, 0) is 56.3 Å². The van der Waals surface area contributed by atoms with Gasteiger partial charge in [0, 0.05) is 35.1 Å². The van der Waals surface area contributed by atoms with Crippen molar-refractivity contribution in [1.82, 2.24) is 20.4 Å². The Morgan fingerprint density at radius 3 is 2.78 bits per heavy atom. The number of anilines is 1. The fourth-order valence-corrected chi connectivity index (χ4v) is 4.62. The number of nitrogen functional groups attached to an aromatic ring is 1. The molecule has 7 nitrogen and oxygen atoms in total. The van der Waals surface area contributed by atoms with Crippen LogP contribution in [-0.2, 0) is 6.54 Å². The van der Waals surface area contributed by atoms with Gasteiger partial charge in [0.25, 0.3) is 0 Å². The lowest BCUT2D eigenvalue weighted by atomic mass is 10.1. The minimum Gasteiger partial charge on any atom is -0.383 e. The Balaban J connectivity index is 1.68. The van der Waals surface area contributed by atoms with Crippen molar-refractivity contribution in [2.24, 2.45) is 10.8 Å². The van der Waals surface area contributed by atoms with Gasteiger partial charge in [-0.15, -0.1) is 11.3 Å². The van der Waals surface area contributed by atoms with E-state index in [1.165, 1.54) is 29.9 Å². The molecular formula is C22H25F2N7S. The van der Waals surface area contributed by atoms with Crippen LogP contribution in [0.1, 0.15) is 23.3 Å². The standard InChI is InChI=1S/C22H25F2N7S/c1-30(26)29-22(28-18-6-4-5-17(23)20(18)24)16-11-14(12-27-21(16)25)19-8-7-15(32-19)13-31-9-2-3-10-31/h4-8,11-12H,2-3,9-10,13,26H2,1H3,(H2,25,27)(H,28,29). The van der Waals surface area contributed by atoms with Crippen LogP contribution in [0.2, 0.25) is 0 Å². The Morgan fingerprint density at radius 2 is 2.03 bits per heavy atom. The number of likely N-dealkylation sites (tertiary alicyclic amines) is 1. The Labute approximate surface area is 189 Å². The molecule has 2 aromatic heterocycles. The van der Waals surface area contributed by atoms with E-state index >= 15 is 0 Å². The van der Waals surface area contributed by atoms with Gasteiger partial charge < -0.3 is 5.73 Å². The first-order chi connectivity index (χ1) is 15.4. The quantitative estimate of drug-likeness (QED) is 0.226. The lowest BCUT2D eigenvalue weighted by Gasteiger charge is -2.17. The van der Waals surface area contributed by atoms with Crippen LogP contribution in [0.15, 0.2) is 47.6 Å². The van der Waals surface area contributed by atoms with Crippen molar-refractivity contribution >= 4 is 28.7 Å². The fraction of sp³-hybridized carbons (Fsp3) is 0.273. The maximum atomic E-state index is 14.2. The Hall–Kier alpha value is -2.92. The number of aromatic nitrogens is 1. The third-order valence-electron chi connectivity index (χ3n) is 5.14. The number of aliphatic imine (C=N–C) groups is 1. The van der Waals surface area contributed by atoms with Crippen molar-refractivity contribution < 1.29 is 8.78 Å². The van der Waals surface area contributed by atoms with Crippen LogP contribution in [0.4, 0.5) is 20.3 Å². The van der Waals surface area contributed by atoms with Crippen molar-refractivity contribution in [3.05, 3.63) is 64.7 Å². The van der Waals surface area contributed by atoms with E-state index in [9.17, 15) is 8.78 Å². The lowest BCUT2D eigenvalue weighted by Crippen LogP contribution is -2.44. The molecule has 1 saturated heterocycles. The smallest absolute Gasteiger partial charge is 0.184 e. The molecule has 1 aromatic carbocycles. The average molecular weight is 458 g/mol. The topological polar surface area (TPSA) is 95.8 Å². The Morgan fingerprint density at radius 1 is 1.25 bits per heavy atom. The van der Waals surface area contributed by atoms with Gasteiger partial charge >= 0.3 is 0 Å². The number of thiophene rings is 1. The van der Waals surface area contributed by atoms with E-state index in [0.717, 1.165) is 41.3 Å². The maximum Gasteiger partial charge on any atom is 0.184 e. The summed E-state index contributed by atoms with van der Waals surface area (Å²) in [6.45, 7) is 3.20. The minimum atomic E-state index is -1.06. The molecule has 3 aromatic rings. The van der Waals surface area contributed by atoms with Crippen molar-refractivity contribution in [2.45, 2.75) is 19.4 Å². The summed E-state index contributed by atoms with van der Waals surface area (Å²) in [6.07, 6.45) is 4.19. The Bertz CT molecular complexity index is 1120. The highest BCUT2D eigenvalue weighted by Crippen LogP contribution is 2.31. The summed E-state index contributed by atoms with van der Waals surface area (Å²) in [6, 6.07) is 9.78. The highest BCUT2D eigenvalue weighted by Gasteiger charge is 2.17. The largest absolute Gasteiger partial charge is 0.383 e. The molecule has 4 rings (SSSR count). The molecule has 0 bridgehead atoms. The second-order valence-corrected chi connectivity index (χ2v) is 8.83. The molecule has 10 heteroatoms. The minimum absolute atomic E-state index is 0.153. The highest BCUT2D eigenvalue weighted by atomic mass is 32.1. The van der Waals surface area contributed by atoms with Crippen LogP contribution in [0.25, 0.3) is 10.4 Å². The number of hydrogen-bond donors (Lipinski definition) is 3. The summed E-state index contributed by atoms with van der Waals surface area (Å²) < 4.78 is 27.9. The van der Waals surface area contributed by atoms with E-state index < -0.39 is 11.6 Å². The molecule has 0 atom stereocenters. The molecule has 0 spiro atoms. The molecule has 3 heterocycles. The fourth-order valence-electron chi connectivity index (χ4n) is 3.59. The second kappa shape index (κ2) is 9.70. The zero-order valence-corrected chi connectivity index (χ0v) is 18.5. The van der Waals surface area contributed by atoms with E-state index in [-0.39, 0.29) is 17.3 Å². The van der Waals surface area contributed by atoms with E-state index in [4.69, 9.17) is 11.6 Å². The Kier molecular flexibility index (Phi) is 6.75. The van der Waals surface area contributed by atoms with Crippen molar-refractivity contribution in [3.63, 3.8) is 0 Å².